The molecule has 0 amide bonds. The average molecular weight is 399 g/mol. The standard InChI is InChI=1S/C23H17N3O4/c27-23(30-16-18-11-7-8-14-21(18)26(28)29)20-15-25(19-12-5-2-6-13-19)24-22(20)17-9-3-1-4-10-17/h1-15H,16H2. The Morgan fingerprint density at radius 2 is 1.57 bits per heavy atom. The normalized spacial score (nSPS) is 10.5. The number of nitrogens with zero attached hydrogens (tertiary/aromatic N) is 3. The molecule has 1 heterocycles. The van der Waals surface area contributed by atoms with Crippen LogP contribution < -0.4 is 0 Å². The summed E-state index contributed by atoms with van der Waals surface area (Å²) in [5, 5.41) is 15.8. The molecule has 0 N–H and O–H groups in total. The number of esters is 1. The van der Waals surface area contributed by atoms with Gasteiger partial charge < -0.3 is 4.74 Å². The first-order valence-corrected chi connectivity index (χ1v) is 9.23. The van der Waals surface area contributed by atoms with Crippen molar-refractivity contribution in [3.05, 3.63) is 112 Å². The van der Waals surface area contributed by atoms with Gasteiger partial charge in [0.25, 0.3) is 5.69 Å². The predicted octanol–water partition coefficient (Wildman–Crippen LogP) is 4.80. The molecule has 0 unspecified atom stereocenters. The van der Waals surface area contributed by atoms with Crippen LogP contribution in [0.4, 0.5) is 5.69 Å². The van der Waals surface area contributed by atoms with Crippen molar-refractivity contribution < 1.29 is 14.5 Å². The van der Waals surface area contributed by atoms with Gasteiger partial charge in [-0.3, -0.25) is 10.1 Å². The zero-order valence-corrected chi connectivity index (χ0v) is 15.8. The van der Waals surface area contributed by atoms with Gasteiger partial charge in [-0.05, 0) is 18.2 Å². The highest BCUT2D eigenvalue weighted by molar-refractivity contribution is 5.96. The zero-order chi connectivity index (χ0) is 20.9. The first kappa shape index (κ1) is 19.1. The van der Waals surface area contributed by atoms with E-state index in [2.05, 4.69) is 5.10 Å². The molecule has 4 aromatic rings. The molecule has 30 heavy (non-hydrogen) atoms. The van der Waals surface area contributed by atoms with Crippen LogP contribution in [0.15, 0.2) is 91.1 Å². The van der Waals surface area contributed by atoms with Crippen LogP contribution >= 0.6 is 0 Å². The number of benzene rings is 3. The van der Waals surface area contributed by atoms with Gasteiger partial charge in [0.2, 0.25) is 0 Å². The van der Waals surface area contributed by atoms with E-state index in [1.165, 1.54) is 6.07 Å². The first-order valence-electron chi connectivity index (χ1n) is 9.23. The SMILES string of the molecule is O=C(OCc1ccccc1[N+](=O)[O-])c1cn(-c2ccccc2)nc1-c1ccccc1. The highest BCUT2D eigenvalue weighted by Crippen LogP contribution is 2.25. The summed E-state index contributed by atoms with van der Waals surface area (Å²) in [7, 11) is 0. The molecule has 0 bridgehead atoms. The first-order chi connectivity index (χ1) is 14.6. The average Bonchev–Trinajstić information content (AvgIpc) is 3.24. The summed E-state index contributed by atoms with van der Waals surface area (Å²) in [5.41, 5.74) is 2.56. The number of ether oxygens (including phenoxy) is 1. The number of hydrogen-bond donors (Lipinski definition) is 0. The van der Waals surface area contributed by atoms with Crippen LogP contribution in [0.25, 0.3) is 16.9 Å². The quantitative estimate of drug-likeness (QED) is 0.264. The van der Waals surface area contributed by atoms with Crippen molar-refractivity contribution in [3.8, 4) is 16.9 Å². The summed E-state index contributed by atoms with van der Waals surface area (Å²) in [6, 6.07) is 24.9. The zero-order valence-electron chi connectivity index (χ0n) is 15.8. The summed E-state index contributed by atoms with van der Waals surface area (Å²) in [4.78, 5) is 23.6. The van der Waals surface area contributed by atoms with Crippen molar-refractivity contribution in [3.63, 3.8) is 0 Å². The van der Waals surface area contributed by atoms with E-state index in [1.54, 1.807) is 29.1 Å². The van der Waals surface area contributed by atoms with Gasteiger partial charge in [-0.2, -0.15) is 5.10 Å². The Balaban J connectivity index is 1.66. The monoisotopic (exact) mass is 399 g/mol. The van der Waals surface area contributed by atoms with Crippen molar-refractivity contribution in [1.29, 1.82) is 0 Å². The Labute approximate surface area is 172 Å². The minimum Gasteiger partial charge on any atom is -0.457 e. The minimum absolute atomic E-state index is 0.0893. The van der Waals surface area contributed by atoms with Gasteiger partial charge in [0.15, 0.2) is 0 Å². The van der Waals surface area contributed by atoms with Gasteiger partial charge in [-0.1, -0.05) is 60.7 Å². The van der Waals surface area contributed by atoms with Crippen molar-refractivity contribution in [2.75, 3.05) is 0 Å². The Hall–Kier alpha value is -4.26. The Kier molecular flexibility index (Phi) is 5.34. The van der Waals surface area contributed by atoms with Crippen LogP contribution in [0.2, 0.25) is 0 Å². The summed E-state index contributed by atoms with van der Waals surface area (Å²) in [6.07, 6.45) is 1.61. The maximum absolute atomic E-state index is 12.9. The highest BCUT2D eigenvalue weighted by Gasteiger charge is 2.21. The van der Waals surface area contributed by atoms with E-state index >= 15 is 0 Å². The maximum atomic E-state index is 12.9. The van der Waals surface area contributed by atoms with Gasteiger partial charge in [0, 0.05) is 17.8 Å². The summed E-state index contributed by atoms with van der Waals surface area (Å²) in [6.45, 7) is -0.208. The number of carbonyl (C=O) groups excluding carboxylic acids is 1. The van der Waals surface area contributed by atoms with Crippen LogP contribution in [0.5, 0.6) is 0 Å². The van der Waals surface area contributed by atoms with Gasteiger partial charge in [0.05, 0.1) is 16.2 Å². The number of rotatable bonds is 6. The number of nitro benzene ring substituents is 1. The van der Waals surface area contributed by atoms with Crippen molar-refractivity contribution in [1.82, 2.24) is 9.78 Å². The largest absolute Gasteiger partial charge is 0.457 e. The fourth-order valence-electron chi connectivity index (χ4n) is 3.08. The number of hydrogen-bond acceptors (Lipinski definition) is 5. The summed E-state index contributed by atoms with van der Waals surface area (Å²) >= 11 is 0. The van der Waals surface area contributed by atoms with Crippen LogP contribution in [-0.4, -0.2) is 20.7 Å². The molecule has 3 aromatic carbocycles. The third kappa shape index (κ3) is 3.95. The van der Waals surface area contributed by atoms with E-state index in [9.17, 15) is 14.9 Å². The van der Waals surface area contributed by atoms with Gasteiger partial charge in [-0.15, -0.1) is 0 Å². The van der Waals surface area contributed by atoms with Crippen molar-refractivity contribution >= 4 is 11.7 Å². The van der Waals surface area contributed by atoms with E-state index in [0.29, 0.717) is 11.3 Å². The van der Waals surface area contributed by atoms with Crippen LogP contribution in [0, 0.1) is 10.1 Å². The topological polar surface area (TPSA) is 87.3 Å². The molecule has 0 aliphatic heterocycles. The van der Waals surface area contributed by atoms with Crippen LogP contribution in [-0.2, 0) is 11.3 Å². The fraction of sp³-hybridized carbons (Fsp3) is 0.0435. The van der Waals surface area contributed by atoms with E-state index in [4.69, 9.17) is 4.74 Å². The molecule has 0 fully saturated rings. The molecule has 0 aliphatic carbocycles. The summed E-state index contributed by atoms with van der Waals surface area (Å²) < 4.78 is 7.03. The smallest absolute Gasteiger partial charge is 0.342 e. The fourth-order valence-corrected chi connectivity index (χ4v) is 3.08. The van der Waals surface area contributed by atoms with Crippen LogP contribution in [0.1, 0.15) is 15.9 Å². The highest BCUT2D eigenvalue weighted by atomic mass is 16.6. The Bertz CT molecular complexity index is 1190. The van der Waals surface area contributed by atoms with E-state index < -0.39 is 10.9 Å². The Morgan fingerprint density at radius 1 is 0.933 bits per heavy atom. The molecule has 0 saturated heterocycles. The second-order valence-electron chi connectivity index (χ2n) is 6.50. The molecule has 0 radical (unpaired) electrons. The number of aromatic nitrogens is 2. The lowest BCUT2D eigenvalue weighted by molar-refractivity contribution is -0.385. The van der Waals surface area contributed by atoms with Gasteiger partial charge >= 0.3 is 5.97 Å². The maximum Gasteiger partial charge on any atom is 0.342 e. The van der Waals surface area contributed by atoms with E-state index in [0.717, 1.165) is 11.3 Å². The molecule has 4 rings (SSSR count). The lowest BCUT2D eigenvalue weighted by atomic mass is 10.1. The third-order valence-electron chi connectivity index (χ3n) is 4.55. The predicted molar refractivity (Wildman–Crippen MR) is 111 cm³/mol. The second-order valence-corrected chi connectivity index (χ2v) is 6.50. The lowest BCUT2D eigenvalue weighted by Gasteiger charge is -2.06. The molecule has 1 aromatic heterocycles. The van der Waals surface area contributed by atoms with Crippen molar-refractivity contribution in [2.45, 2.75) is 6.61 Å². The molecule has 0 spiro atoms. The third-order valence-corrected chi connectivity index (χ3v) is 4.55. The molecule has 0 aliphatic rings. The second kappa shape index (κ2) is 8.40. The molecule has 0 atom stereocenters. The molecule has 7 heteroatoms. The molecule has 0 saturated carbocycles. The number of carbonyl (C=O) groups is 1. The van der Waals surface area contributed by atoms with E-state index in [-0.39, 0.29) is 17.9 Å². The molecule has 7 nitrogen and oxygen atoms in total. The van der Waals surface area contributed by atoms with Gasteiger partial charge in [-0.25, -0.2) is 9.48 Å². The summed E-state index contributed by atoms with van der Waals surface area (Å²) in [5.74, 6) is -0.603. The molecular formula is C23H17N3O4. The number of para-hydroxylation sites is 2. The van der Waals surface area contributed by atoms with Crippen LogP contribution in [0.3, 0.4) is 0 Å². The van der Waals surface area contributed by atoms with E-state index in [1.807, 2.05) is 60.7 Å². The minimum atomic E-state index is -0.603. The van der Waals surface area contributed by atoms with Gasteiger partial charge in [0.1, 0.15) is 17.9 Å². The molecular weight excluding hydrogens is 382 g/mol. The lowest BCUT2D eigenvalue weighted by Crippen LogP contribution is -2.07. The van der Waals surface area contributed by atoms with Crippen molar-refractivity contribution in [2.24, 2.45) is 0 Å². The molecule has 148 valence electrons. The Morgan fingerprint density at radius 3 is 2.27 bits per heavy atom. The number of nitro groups is 1.